The molecule has 1 aromatic heterocycles. The first-order valence-corrected chi connectivity index (χ1v) is 8.40. The van der Waals surface area contributed by atoms with Crippen molar-refractivity contribution < 1.29 is 4.79 Å². The van der Waals surface area contributed by atoms with E-state index in [4.69, 9.17) is 5.73 Å². The summed E-state index contributed by atoms with van der Waals surface area (Å²) in [7, 11) is 3.60. The SMILES string of the molecule is C=C(CN)n1ncc(CC(C)C)c1N(C)c1ccc(C(=O)NC)cc1. The fourth-order valence-electron chi connectivity index (χ4n) is 2.74. The van der Waals surface area contributed by atoms with Crippen LogP contribution in [0.3, 0.4) is 0 Å². The van der Waals surface area contributed by atoms with E-state index in [2.05, 4.69) is 35.7 Å². The summed E-state index contributed by atoms with van der Waals surface area (Å²) in [4.78, 5) is 13.8. The molecular weight excluding hydrogens is 314 g/mol. The second kappa shape index (κ2) is 7.98. The molecule has 6 nitrogen and oxygen atoms in total. The lowest BCUT2D eigenvalue weighted by atomic mass is 10.0. The number of hydrogen-bond acceptors (Lipinski definition) is 4. The summed E-state index contributed by atoms with van der Waals surface area (Å²) in [5.74, 6) is 1.36. The van der Waals surface area contributed by atoms with E-state index >= 15 is 0 Å². The van der Waals surface area contributed by atoms with E-state index in [0.717, 1.165) is 29.2 Å². The summed E-state index contributed by atoms with van der Waals surface area (Å²) in [6.45, 7) is 8.70. The molecule has 2 aromatic rings. The Labute approximate surface area is 149 Å². The van der Waals surface area contributed by atoms with Gasteiger partial charge in [-0.2, -0.15) is 5.10 Å². The molecule has 1 heterocycles. The van der Waals surface area contributed by atoms with Gasteiger partial charge in [0.25, 0.3) is 5.91 Å². The van der Waals surface area contributed by atoms with Crippen molar-refractivity contribution in [3.8, 4) is 0 Å². The zero-order chi connectivity index (χ0) is 18.6. The number of hydrogen-bond donors (Lipinski definition) is 2. The summed E-state index contributed by atoms with van der Waals surface area (Å²) in [6, 6.07) is 7.47. The molecule has 0 aliphatic heterocycles. The fraction of sp³-hybridized carbons (Fsp3) is 0.368. The van der Waals surface area contributed by atoms with E-state index in [0.29, 0.717) is 18.0 Å². The van der Waals surface area contributed by atoms with Crippen LogP contribution in [0.1, 0.15) is 29.8 Å². The maximum Gasteiger partial charge on any atom is 0.251 e. The van der Waals surface area contributed by atoms with Gasteiger partial charge in [-0.3, -0.25) is 4.79 Å². The lowest BCUT2D eigenvalue weighted by molar-refractivity contribution is 0.0963. The molecule has 0 saturated carbocycles. The number of nitrogens with one attached hydrogen (secondary N) is 1. The van der Waals surface area contributed by atoms with Crippen LogP contribution in [0.4, 0.5) is 11.5 Å². The van der Waals surface area contributed by atoms with Gasteiger partial charge >= 0.3 is 0 Å². The zero-order valence-corrected chi connectivity index (χ0v) is 15.4. The summed E-state index contributed by atoms with van der Waals surface area (Å²) in [5.41, 5.74) is 9.23. The molecule has 0 bridgehead atoms. The standard InChI is InChI=1S/C19H27N5O/c1-13(2)10-16-12-22-24(14(3)11-20)19(16)23(5)17-8-6-15(7-9-17)18(25)21-4/h6-9,12-13H,3,10-11,20H2,1-2,4-5H3,(H,21,25). The minimum Gasteiger partial charge on any atom is -0.355 e. The summed E-state index contributed by atoms with van der Waals surface area (Å²) >= 11 is 0. The highest BCUT2D eigenvalue weighted by molar-refractivity contribution is 5.94. The molecule has 2 rings (SSSR count). The van der Waals surface area contributed by atoms with Gasteiger partial charge in [-0.15, -0.1) is 0 Å². The van der Waals surface area contributed by atoms with Crippen LogP contribution in [0.5, 0.6) is 0 Å². The number of nitrogens with zero attached hydrogens (tertiary/aromatic N) is 3. The molecule has 134 valence electrons. The first kappa shape index (κ1) is 18.7. The third-order valence-corrected chi connectivity index (χ3v) is 4.04. The van der Waals surface area contributed by atoms with Gasteiger partial charge in [0, 0.05) is 37.5 Å². The van der Waals surface area contributed by atoms with E-state index in [1.165, 1.54) is 0 Å². The van der Waals surface area contributed by atoms with Crippen molar-refractivity contribution in [2.45, 2.75) is 20.3 Å². The Kier molecular flexibility index (Phi) is 5.98. The van der Waals surface area contributed by atoms with Crippen LogP contribution in [0.15, 0.2) is 37.0 Å². The lowest BCUT2D eigenvalue weighted by Crippen LogP contribution is -2.20. The maximum absolute atomic E-state index is 11.7. The number of anilines is 2. The van der Waals surface area contributed by atoms with Crippen molar-refractivity contribution in [3.63, 3.8) is 0 Å². The van der Waals surface area contributed by atoms with E-state index in [1.807, 2.05) is 37.5 Å². The predicted octanol–water partition coefficient (Wildman–Crippen LogP) is 2.64. The van der Waals surface area contributed by atoms with Gasteiger partial charge in [-0.1, -0.05) is 20.4 Å². The highest BCUT2D eigenvalue weighted by Gasteiger charge is 2.19. The Morgan fingerprint density at radius 2 is 2.00 bits per heavy atom. The van der Waals surface area contributed by atoms with Crippen molar-refractivity contribution >= 4 is 23.1 Å². The number of rotatable bonds is 7. The highest BCUT2D eigenvalue weighted by Crippen LogP contribution is 2.30. The zero-order valence-electron chi connectivity index (χ0n) is 15.4. The second-order valence-corrected chi connectivity index (χ2v) is 6.46. The molecule has 25 heavy (non-hydrogen) atoms. The molecule has 0 aliphatic carbocycles. The van der Waals surface area contributed by atoms with Gasteiger partial charge < -0.3 is 16.0 Å². The number of carbonyl (C=O) groups is 1. The van der Waals surface area contributed by atoms with Crippen LogP contribution in [-0.4, -0.2) is 36.3 Å². The molecule has 0 radical (unpaired) electrons. The first-order valence-electron chi connectivity index (χ1n) is 8.40. The van der Waals surface area contributed by atoms with Crippen LogP contribution >= 0.6 is 0 Å². The number of carbonyl (C=O) groups excluding carboxylic acids is 1. The van der Waals surface area contributed by atoms with Gasteiger partial charge in [0.1, 0.15) is 5.82 Å². The molecule has 0 unspecified atom stereocenters. The largest absolute Gasteiger partial charge is 0.355 e. The molecule has 3 N–H and O–H groups in total. The quantitative estimate of drug-likeness (QED) is 0.812. The van der Waals surface area contributed by atoms with Gasteiger partial charge in [-0.05, 0) is 36.6 Å². The molecule has 0 aliphatic rings. The summed E-state index contributed by atoms with van der Waals surface area (Å²) in [6.07, 6.45) is 2.79. The molecule has 0 spiro atoms. The minimum absolute atomic E-state index is 0.101. The Hall–Kier alpha value is -2.60. The van der Waals surface area contributed by atoms with E-state index in [1.54, 1.807) is 11.7 Å². The molecule has 1 aromatic carbocycles. The van der Waals surface area contributed by atoms with Crippen molar-refractivity contribution in [1.29, 1.82) is 0 Å². The molecule has 0 saturated heterocycles. The second-order valence-electron chi connectivity index (χ2n) is 6.46. The minimum atomic E-state index is -0.101. The third kappa shape index (κ3) is 4.09. The highest BCUT2D eigenvalue weighted by atomic mass is 16.1. The normalized spacial score (nSPS) is 10.8. The van der Waals surface area contributed by atoms with Gasteiger partial charge in [0.2, 0.25) is 0 Å². The van der Waals surface area contributed by atoms with E-state index in [9.17, 15) is 4.79 Å². The van der Waals surface area contributed by atoms with E-state index in [-0.39, 0.29) is 5.91 Å². The summed E-state index contributed by atoms with van der Waals surface area (Å²) in [5, 5.41) is 7.10. The first-order chi connectivity index (χ1) is 11.9. The van der Waals surface area contributed by atoms with Gasteiger partial charge in [0.15, 0.2) is 0 Å². The Morgan fingerprint density at radius 1 is 1.36 bits per heavy atom. The Morgan fingerprint density at radius 3 is 2.52 bits per heavy atom. The van der Waals surface area contributed by atoms with E-state index < -0.39 is 0 Å². The van der Waals surface area contributed by atoms with Crippen LogP contribution in [0.25, 0.3) is 5.70 Å². The maximum atomic E-state index is 11.7. The number of amides is 1. The monoisotopic (exact) mass is 341 g/mol. The van der Waals surface area contributed by atoms with Crippen molar-refractivity contribution in [2.75, 3.05) is 25.5 Å². The molecular formula is C19H27N5O. The van der Waals surface area contributed by atoms with Crippen LogP contribution in [-0.2, 0) is 6.42 Å². The van der Waals surface area contributed by atoms with Crippen molar-refractivity contribution in [1.82, 2.24) is 15.1 Å². The Balaban J connectivity index is 2.42. The van der Waals surface area contributed by atoms with Gasteiger partial charge in [-0.25, -0.2) is 4.68 Å². The van der Waals surface area contributed by atoms with Crippen LogP contribution < -0.4 is 16.0 Å². The average Bonchev–Trinajstić information content (AvgIpc) is 3.02. The number of nitrogens with two attached hydrogens (primary N) is 1. The summed E-state index contributed by atoms with van der Waals surface area (Å²) < 4.78 is 1.80. The Bertz CT molecular complexity index is 746. The fourth-order valence-corrected chi connectivity index (χ4v) is 2.74. The average molecular weight is 341 g/mol. The molecule has 6 heteroatoms. The lowest BCUT2D eigenvalue weighted by Gasteiger charge is -2.23. The van der Waals surface area contributed by atoms with Crippen LogP contribution in [0, 0.1) is 5.92 Å². The number of benzene rings is 1. The van der Waals surface area contributed by atoms with Crippen molar-refractivity contribution in [2.24, 2.45) is 11.7 Å². The molecule has 1 amide bonds. The molecule has 0 atom stereocenters. The van der Waals surface area contributed by atoms with Gasteiger partial charge in [0.05, 0.1) is 11.9 Å². The topological polar surface area (TPSA) is 76.2 Å². The molecule has 0 fully saturated rings. The predicted molar refractivity (Wildman–Crippen MR) is 103 cm³/mol. The van der Waals surface area contributed by atoms with Crippen molar-refractivity contribution in [3.05, 3.63) is 48.2 Å². The smallest absolute Gasteiger partial charge is 0.251 e. The van der Waals surface area contributed by atoms with Crippen LogP contribution in [0.2, 0.25) is 0 Å². The number of aromatic nitrogens is 2. The third-order valence-electron chi connectivity index (χ3n) is 4.04.